The van der Waals surface area contributed by atoms with Crippen molar-refractivity contribution in [1.29, 1.82) is 0 Å². The van der Waals surface area contributed by atoms with Crippen molar-refractivity contribution >= 4 is 17.4 Å². The van der Waals surface area contributed by atoms with Gasteiger partial charge >= 0.3 is 6.03 Å². The van der Waals surface area contributed by atoms with Crippen LogP contribution in [0.1, 0.15) is 49.4 Å². The Labute approximate surface area is 124 Å². The van der Waals surface area contributed by atoms with Crippen LogP contribution in [0.25, 0.3) is 0 Å². The van der Waals surface area contributed by atoms with Crippen LogP contribution in [0.15, 0.2) is 5.38 Å². The van der Waals surface area contributed by atoms with Crippen molar-refractivity contribution in [3.63, 3.8) is 0 Å². The molecule has 2 fully saturated rings. The van der Waals surface area contributed by atoms with Crippen LogP contribution in [0.5, 0.6) is 0 Å². The topological polar surface area (TPSA) is 45.2 Å². The Hall–Kier alpha value is -1.10. The summed E-state index contributed by atoms with van der Waals surface area (Å²) in [6.07, 6.45) is 4.92. The van der Waals surface area contributed by atoms with E-state index < -0.39 is 0 Å². The molecule has 2 atom stereocenters. The quantitative estimate of drug-likeness (QED) is 0.905. The van der Waals surface area contributed by atoms with Crippen LogP contribution in [0, 0.1) is 18.8 Å². The maximum atomic E-state index is 12.4. The van der Waals surface area contributed by atoms with Gasteiger partial charge in [-0.3, -0.25) is 0 Å². The van der Waals surface area contributed by atoms with Gasteiger partial charge in [-0.25, -0.2) is 9.78 Å². The number of aromatic nitrogens is 1. The molecule has 0 bridgehead atoms. The first-order chi connectivity index (χ1) is 9.56. The molecule has 0 saturated heterocycles. The Morgan fingerprint density at radius 1 is 1.40 bits per heavy atom. The highest BCUT2D eigenvalue weighted by molar-refractivity contribution is 7.09. The molecule has 20 heavy (non-hydrogen) atoms. The molecule has 2 saturated carbocycles. The van der Waals surface area contributed by atoms with Gasteiger partial charge in [0.1, 0.15) is 5.01 Å². The van der Waals surface area contributed by atoms with Gasteiger partial charge in [-0.1, -0.05) is 0 Å². The van der Waals surface area contributed by atoms with Gasteiger partial charge in [-0.05, 0) is 51.4 Å². The molecule has 2 aliphatic carbocycles. The van der Waals surface area contributed by atoms with Crippen molar-refractivity contribution in [1.82, 2.24) is 15.2 Å². The third-order valence-electron chi connectivity index (χ3n) is 4.51. The average Bonchev–Trinajstić information content (AvgIpc) is 3.32. The van der Waals surface area contributed by atoms with Crippen LogP contribution in [-0.4, -0.2) is 29.0 Å². The van der Waals surface area contributed by atoms with Gasteiger partial charge in [0.05, 0.1) is 6.04 Å². The number of urea groups is 1. The van der Waals surface area contributed by atoms with E-state index in [0.717, 1.165) is 10.7 Å². The molecule has 0 aromatic carbocycles. The van der Waals surface area contributed by atoms with Crippen molar-refractivity contribution in [3.05, 3.63) is 16.1 Å². The summed E-state index contributed by atoms with van der Waals surface area (Å²) in [6, 6.07) is 0.497. The van der Waals surface area contributed by atoms with Gasteiger partial charge < -0.3 is 10.2 Å². The summed E-state index contributed by atoms with van der Waals surface area (Å²) < 4.78 is 0. The van der Waals surface area contributed by atoms with Gasteiger partial charge in [-0.15, -0.1) is 11.3 Å². The zero-order valence-corrected chi connectivity index (χ0v) is 13.2. The molecule has 0 radical (unpaired) electrons. The summed E-state index contributed by atoms with van der Waals surface area (Å²) in [4.78, 5) is 18.9. The van der Waals surface area contributed by atoms with Gasteiger partial charge in [0.2, 0.25) is 0 Å². The molecule has 2 amide bonds. The zero-order chi connectivity index (χ0) is 14.3. The molecule has 5 heteroatoms. The van der Waals surface area contributed by atoms with Gasteiger partial charge in [0.25, 0.3) is 0 Å². The predicted molar refractivity (Wildman–Crippen MR) is 80.8 cm³/mol. The summed E-state index contributed by atoms with van der Waals surface area (Å²) in [5, 5.41) is 6.33. The number of carbonyl (C=O) groups excluding carboxylic acids is 1. The fraction of sp³-hybridized carbons (Fsp3) is 0.733. The zero-order valence-electron chi connectivity index (χ0n) is 12.4. The summed E-state index contributed by atoms with van der Waals surface area (Å²) in [5.41, 5.74) is 1.05. The molecule has 2 aliphatic rings. The molecule has 0 aliphatic heterocycles. The van der Waals surface area contributed by atoms with Gasteiger partial charge in [-0.2, -0.15) is 0 Å². The van der Waals surface area contributed by atoms with Crippen LogP contribution < -0.4 is 5.32 Å². The Kier molecular flexibility index (Phi) is 3.71. The van der Waals surface area contributed by atoms with Gasteiger partial charge in [0, 0.05) is 24.2 Å². The van der Waals surface area contributed by atoms with Crippen molar-refractivity contribution in [2.24, 2.45) is 11.8 Å². The van der Waals surface area contributed by atoms with E-state index in [-0.39, 0.29) is 12.1 Å². The number of hydrogen-bond donors (Lipinski definition) is 1. The highest BCUT2D eigenvalue weighted by Gasteiger charge is 2.37. The van der Waals surface area contributed by atoms with Crippen molar-refractivity contribution in [3.8, 4) is 0 Å². The molecular weight excluding hydrogens is 270 g/mol. The number of thiazole rings is 1. The van der Waals surface area contributed by atoms with Crippen LogP contribution in [-0.2, 0) is 0 Å². The number of nitrogens with one attached hydrogen (secondary N) is 1. The third kappa shape index (κ3) is 2.97. The van der Waals surface area contributed by atoms with E-state index in [1.54, 1.807) is 11.3 Å². The minimum absolute atomic E-state index is 0.0501. The smallest absolute Gasteiger partial charge is 0.317 e. The monoisotopic (exact) mass is 293 g/mol. The van der Waals surface area contributed by atoms with Crippen LogP contribution in [0.2, 0.25) is 0 Å². The van der Waals surface area contributed by atoms with E-state index in [0.29, 0.717) is 17.9 Å². The number of nitrogens with zero attached hydrogens (tertiary/aromatic N) is 2. The molecule has 4 nitrogen and oxygen atoms in total. The van der Waals surface area contributed by atoms with E-state index in [9.17, 15) is 4.79 Å². The predicted octanol–water partition coefficient (Wildman–Crippen LogP) is 3.34. The molecular formula is C15H23N3OS. The molecule has 1 N–H and O–H groups in total. The molecule has 1 heterocycles. The lowest BCUT2D eigenvalue weighted by atomic mass is 10.2. The number of hydrogen-bond acceptors (Lipinski definition) is 3. The Morgan fingerprint density at radius 2 is 2.05 bits per heavy atom. The highest BCUT2D eigenvalue weighted by atomic mass is 32.1. The first-order valence-electron chi connectivity index (χ1n) is 7.51. The Balaban J connectivity index is 1.65. The minimum atomic E-state index is 0.0501. The molecule has 0 spiro atoms. The normalized spacial score (nSPS) is 21.4. The van der Waals surface area contributed by atoms with Gasteiger partial charge in [0.15, 0.2) is 0 Å². The molecule has 1 aromatic rings. The fourth-order valence-corrected chi connectivity index (χ4v) is 3.58. The first-order valence-corrected chi connectivity index (χ1v) is 8.39. The van der Waals surface area contributed by atoms with E-state index >= 15 is 0 Å². The SMILES string of the molecule is Cc1csc([C@H](NC(=O)N(C)[C@H](C)C2CC2)C2CC2)n1. The van der Waals surface area contributed by atoms with Crippen molar-refractivity contribution in [2.75, 3.05) is 7.05 Å². The number of carbonyl (C=O) groups is 1. The molecule has 1 aromatic heterocycles. The summed E-state index contributed by atoms with van der Waals surface area (Å²) >= 11 is 1.66. The molecule has 0 unspecified atom stereocenters. The minimum Gasteiger partial charge on any atom is -0.328 e. The lowest BCUT2D eigenvalue weighted by Gasteiger charge is -2.27. The second kappa shape index (κ2) is 5.35. The van der Waals surface area contributed by atoms with Crippen molar-refractivity contribution in [2.45, 2.75) is 51.6 Å². The number of rotatable bonds is 5. The summed E-state index contributed by atoms with van der Waals surface area (Å²) in [7, 11) is 1.91. The third-order valence-corrected chi connectivity index (χ3v) is 5.56. The first kappa shape index (κ1) is 13.9. The van der Waals surface area contributed by atoms with Crippen LogP contribution in [0.3, 0.4) is 0 Å². The maximum absolute atomic E-state index is 12.4. The second-order valence-electron chi connectivity index (χ2n) is 6.28. The average molecular weight is 293 g/mol. The van der Waals surface area contributed by atoms with E-state index in [1.807, 2.05) is 18.9 Å². The number of amides is 2. The number of aryl methyl sites for hydroxylation is 1. The summed E-state index contributed by atoms with van der Waals surface area (Å²) in [5.74, 6) is 1.28. The largest absolute Gasteiger partial charge is 0.328 e. The Bertz CT molecular complexity index is 493. The van der Waals surface area contributed by atoms with Crippen LogP contribution in [0.4, 0.5) is 4.79 Å². The summed E-state index contributed by atoms with van der Waals surface area (Å²) in [6.45, 7) is 4.16. The molecule has 3 rings (SSSR count). The lowest BCUT2D eigenvalue weighted by Crippen LogP contribution is -2.45. The fourth-order valence-electron chi connectivity index (χ4n) is 2.64. The van der Waals surface area contributed by atoms with Crippen LogP contribution >= 0.6 is 11.3 Å². The Morgan fingerprint density at radius 3 is 2.55 bits per heavy atom. The highest BCUT2D eigenvalue weighted by Crippen LogP contribution is 2.42. The molecule has 110 valence electrons. The van der Waals surface area contributed by atoms with Crippen molar-refractivity contribution < 1.29 is 4.79 Å². The second-order valence-corrected chi connectivity index (χ2v) is 7.17. The van der Waals surface area contributed by atoms with E-state index in [4.69, 9.17) is 0 Å². The standard InChI is InChI=1S/C15H23N3OS/c1-9-8-20-14(16-9)13(12-6-7-12)17-15(19)18(3)10(2)11-4-5-11/h8,10-13H,4-7H2,1-3H3,(H,17,19)/t10-,13-/m1/s1. The maximum Gasteiger partial charge on any atom is 0.317 e. The lowest BCUT2D eigenvalue weighted by molar-refractivity contribution is 0.182. The van der Waals surface area contributed by atoms with E-state index in [1.165, 1.54) is 25.7 Å². The van der Waals surface area contributed by atoms with E-state index in [2.05, 4.69) is 22.6 Å².